The van der Waals surface area contributed by atoms with Crippen LogP contribution in [0.5, 0.6) is 0 Å². The van der Waals surface area contributed by atoms with Crippen LogP contribution in [-0.2, 0) is 10.2 Å². The van der Waals surface area contributed by atoms with Crippen molar-refractivity contribution in [3.8, 4) is 0 Å². The summed E-state index contributed by atoms with van der Waals surface area (Å²) < 4.78 is 0. The van der Waals surface area contributed by atoms with Gasteiger partial charge in [0.1, 0.15) is 0 Å². The molecule has 3 heterocycles. The summed E-state index contributed by atoms with van der Waals surface area (Å²) in [6, 6.07) is 14.2. The number of nitrogens with one attached hydrogen (secondary N) is 1. The number of para-hydroxylation sites is 2. The second-order valence-electron chi connectivity index (χ2n) is 8.74. The van der Waals surface area contributed by atoms with E-state index in [2.05, 4.69) is 40.4 Å². The van der Waals surface area contributed by atoms with Gasteiger partial charge in [-0.2, -0.15) is 0 Å². The van der Waals surface area contributed by atoms with Crippen LogP contribution in [0.1, 0.15) is 31.4 Å². The largest absolute Gasteiger partial charge is 0.359 e. The predicted molar refractivity (Wildman–Crippen MR) is 131 cm³/mol. The number of aromatic nitrogens is 1. The smallest absolute Gasteiger partial charge is 0.237 e. The van der Waals surface area contributed by atoms with Crippen molar-refractivity contribution in [3.63, 3.8) is 0 Å². The summed E-state index contributed by atoms with van der Waals surface area (Å²) in [5.41, 5.74) is 5.37. The first-order valence-electron chi connectivity index (χ1n) is 10.6. The normalized spacial score (nSPS) is 18.1. The molecule has 0 fully saturated rings. The Morgan fingerprint density at radius 2 is 1.90 bits per heavy atom. The lowest BCUT2D eigenvalue weighted by Crippen LogP contribution is -2.42. The molecule has 0 unspecified atom stereocenters. The number of H-pyrrole nitrogens is 1. The Hall–Kier alpha value is -2.27. The van der Waals surface area contributed by atoms with E-state index in [1.807, 2.05) is 43.0 Å². The molecule has 162 valence electrons. The predicted octanol–water partition coefficient (Wildman–Crippen LogP) is 5.66. The number of rotatable bonds is 4. The Morgan fingerprint density at radius 1 is 1.10 bits per heavy atom. The maximum absolute atomic E-state index is 13.0. The molecule has 2 aliphatic rings. The van der Waals surface area contributed by atoms with Crippen molar-refractivity contribution in [3.05, 3.63) is 70.9 Å². The molecule has 5 rings (SSSR count). The maximum Gasteiger partial charge on any atom is 0.237 e. The van der Waals surface area contributed by atoms with Crippen LogP contribution in [0.3, 0.4) is 0 Å². The summed E-state index contributed by atoms with van der Waals surface area (Å²) in [6.45, 7) is 7.54. The molecule has 0 aliphatic carbocycles. The third kappa shape index (κ3) is 3.67. The highest BCUT2D eigenvalue weighted by atomic mass is 35.5. The number of aromatic amines is 1. The number of hydrogen-bond donors (Lipinski definition) is 1. The van der Waals surface area contributed by atoms with E-state index >= 15 is 0 Å². The van der Waals surface area contributed by atoms with Crippen molar-refractivity contribution < 1.29 is 4.79 Å². The monoisotopic (exact) mass is 455 g/mol. The average Bonchev–Trinajstić information content (AvgIpc) is 3.27. The molecule has 0 radical (unpaired) electrons. The van der Waals surface area contributed by atoms with Crippen molar-refractivity contribution >= 4 is 52.1 Å². The Kier molecular flexibility index (Phi) is 5.91. The molecule has 2 aliphatic heterocycles. The molecular formula is C25H27Cl2N3O. The summed E-state index contributed by atoms with van der Waals surface area (Å²) in [7, 11) is 0. The molecule has 1 N–H and O–H groups in total. The van der Waals surface area contributed by atoms with Crippen LogP contribution >= 0.6 is 24.0 Å². The van der Waals surface area contributed by atoms with Crippen molar-refractivity contribution in [2.45, 2.75) is 25.7 Å². The zero-order valence-electron chi connectivity index (χ0n) is 17.8. The van der Waals surface area contributed by atoms with Crippen LogP contribution in [-0.4, -0.2) is 42.0 Å². The molecule has 0 bridgehead atoms. The lowest BCUT2D eigenvalue weighted by molar-refractivity contribution is -0.122. The quantitative estimate of drug-likeness (QED) is 0.551. The molecule has 2 aromatic carbocycles. The van der Waals surface area contributed by atoms with E-state index in [0.29, 0.717) is 0 Å². The number of fused-ring (bicyclic) bond motifs is 2. The van der Waals surface area contributed by atoms with Crippen LogP contribution in [0.4, 0.5) is 5.69 Å². The van der Waals surface area contributed by atoms with Gasteiger partial charge < -0.3 is 9.88 Å². The summed E-state index contributed by atoms with van der Waals surface area (Å²) >= 11 is 6.31. The minimum Gasteiger partial charge on any atom is -0.359 e. The fourth-order valence-corrected chi connectivity index (χ4v) is 5.03. The number of nitrogens with zero attached hydrogens (tertiary/aromatic N) is 2. The minimum absolute atomic E-state index is 0. The molecule has 0 saturated carbocycles. The highest BCUT2D eigenvalue weighted by Gasteiger charge is 2.43. The maximum atomic E-state index is 13.0. The molecule has 0 atom stereocenters. The number of benzene rings is 2. The standard InChI is InChI=1S/C25H26ClN3O.ClH/c1-25(2)20-7-3-4-9-22(20)29(24(25)30)15-14-28-12-10-17(11-13-28)19-16-27-23-18(19)6-5-8-21(23)26;/h3-10,16,27H,11-15H2,1-2H3;1H. The molecule has 3 aromatic rings. The summed E-state index contributed by atoms with van der Waals surface area (Å²) in [5.74, 6) is 0.201. The van der Waals surface area contributed by atoms with Crippen LogP contribution in [0.15, 0.2) is 54.7 Å². The Bertz CT molecular complexity index is 1160. The van der Waals surface area contributed by atoms with Crippen LogP contribution in [0, 0.1) is 0 Å². The van der Waals surface area contributed by atoms with Gasteiger partial charge in [0.25, 0.3) is 0 Å². The summed E-state index contributed by atoms with van der Waals surface area (Å²) in [4.78, 5) is 20.7. The van der Waals surface area contributed by atoms with Gasteiger partial charge in [0.05, 0.1) is 16.0 Å². The molecular weight excluding hydrogens is 429 g/mol. The van der Waals surface area contributed by atoms with Gasteiger partial charge in [0.15, 0.2) is 0 Å². The fourth-order valence-electron chi connectivity index (χ4n) is 4.80. The first-order valence-corrected chi connectivity index (χ1v) is 10.9. The van der Waals surface area contributed by atoms with Gasteiger partial charge in [-0.05, 0) is 43.5 Å². The zero-order valence-corrected chi connectivity index (χ0v) is 19.4. The Labute approximate surface area is 194 Å². The van der Waals surface area contributed by atoms with Gasteiger partial charge in [-0.15, -0.1) is 12.4 Å². The van der Waals surface area contributed by atoms with Crippen LogP contribution in [0.2, 0.25) is 5.02 Å². The van der Waals surface area contributed by atoms with Gasteiger partial charge in [-0.3, -0.25) is 9.69 Å². The topological polar surface area (TPSA) is 39.3 Å². The number of halogens is 2. The highest BCUT2D eigenvalue weighted by molar-refractivity contribution is 6.35. The first-order chi connectivity index (χ1) is 14.5. The third-order valence-corrected chi connectivity index (χ3v) is 6.91. The van der Waals surface area contributed by atoms with E-state index in [-0.39, 0.29) is 18.3 Å². The molecule has 0 saturated heterocycles. The van der Waals surface area contributed by atoms with Gasteiger partial charge >= 0.3 is 0 Å². The SMILES string of the molecule is CC1(C)C(=O)N(CCN2CC=C(c3c[nH]c4c(Cl)cccc34)CC2)c2ccccc21.Cl. The number of hydrogen-bond acceptors (Lipinski definition) is 2. The number of carbonyl (C=O) groups is 1. The highest BCUT2D eigenvalue weighted by Crippen LogP contribution is 2.41. The van der Waals surface area contributed by atoms with E-state index in [9.17, 15) is 4.79 Å². The average molecular weight is 456 g/mol. The van der Waals surface area contributed by atoms with Crippen LogP contribution in [0.25, 0.3) is 16.5 Å². The Balaban J connectivity index is 0.00000231. The lowest BCUT2D eigenvalue weighted by atomic mass is 9.86. The van der Waals surface area contributed by atoms with Crippen LogP contribution < -0.4 is 4.90 Å². The first kappa shape index (κ1) is 21.9. The van der Waals surface area contributed by atoms with Crippen molar-refractivity contribution in [1.82, 2.24) is 9.88 Å². The van der Waals surface area contributed by atoms with Gasteiger partial charge in [0, 0.05) is 49.0 Å². The van der Waals surface area contributed by atoms with Crippen molar-refractivity contribution in [1.29, 1.82) is 0 Å². The Morgan fingerprint density at radius 3 is 2.68 bits per heavy atom. The zero-order chi connectivity index (χ0) is 20.9. The summed E-state index contributed by atoms with van der Waals surface area (Å²) in [5, 5.41) is 1.94. The minimum atomic E-state index is -0.442. The second-order valence-corrected chi connectivity index (χ2v) is 9.15. The third-order valence-electron chi connectivity index (χ3n) is 6.59. The molecule has 4 nitrogen and oxygen atoms in total. The molecule has 0 spiro atoms. The summed E-state index contributed by atoms with van der Waals surface area (Å²) in [6.07, 6.45) is 5.38. The van der Waals surface area contributed by atoms with E-state index in [1.54, 1.807) is 0 Å². The van der Waals surface area contributed by atoms with Gasteiger partial charge in [0.2, 0.25) is 5.91 Å². The fraction of sp³-hybridized carbons (Fsp3) is 0.320. The molecule has 1 aromatic heterocycles. The van der Waals surface area contributed by atoms with E-state index in [4.69, 9.17) is 11.6 Å². The molecule has 31 heavy (non-hydrogen) atoms. The number of carbonyl (C=O) groups excluding carboxylic acids is 1. The van der Waals surface area contributed by atoms with Crippen molar-refractivity contribution in [2.75, 3.05) is 31.1 Å². The van der Waals surface area contributed by atoms with Gasteiger partial charge in [-0.1, -0.05) is 48.0 Å². The molecule has 1 amide bonds. The van der Waals surface area contributed by atoms with E-state index < -0.39 is 5.41 Å². The van der Waals surface area contributed by atoms with Gasteiger partial charge in [-0.25, -0.2) is 0 Å². The second kappa shape index (κ2) is 8.34. The number of amides is 1. The van der Waals surface area contributed by atoms with Crippen molar-refractivity contribution in [2.24, 2.45) is 0 Å². The molecule has 6 heteroatoms. The lowest BCUT2D eigenvalue weighted by Gasteiger charge is -2.29. The van der Waals surface area contributed by atoms with E-state index in [0.717, 1.165) is 54.4 Å². The number of anilines is 1. The van der Waals surface area contributed by atoms with E-state index in [1.165, 1.54) is 16.5 Å².